The van der Waals surface area contributed by atoms with Crippen LogP contribution in [0.25, 0.3) is 16.9 Å². The molecule has 2 aromatic heterocycles. The first-order valence-corrected chi connectivity index (χ1v) is 9.56. The molecule has 1 atom stereocenters. The third-order valence-electron chi connectivity index (χ3n) is 5.05. The van der Waals surface area contributed by atoms with Gasteiger partial charge in [-0.15, -0.1) is 0 Å². The topological polar surface area (TPSA) is 46.4 Å². The molecule has 0 aliphatic carbocycles. The number of fused-ring (bicyclic) bond motifs is 1. The van der Waals surface area contributed by atoms with Crippen LogP contribution in [0.5, 0.6) is 0 Å². The van der Waals surface area contributed by atoms with E-state index < -0.39 is 0 Å². The second-order valence-corrected chi connectivity index (χ2v) is 6.99. The number of anilines is 1. The van der Waals surface area contributed by atoms with E-state index in [-0.39, 0.29) is 11.8 Å². The van der Waals surface area contributed by atoms with Crippen LogP contribution in [-0.4, -0.2) is 15.3 Å². The third-order valence-corrected chi connectivity index (χ3v) is 5.05. The summed E-state index contributed by atoms with van der Waals surface area (Å²) in [4.78, 5) is 17.5. The van der Waals surface area contributed by atoms with Crippen molar-refractivity contribution >= 4 is 17.2 Å². The van der Waals surface area contributed by atoms with Crippen molar-refractivity contribution in [1.29, 1.82) is 0 Å². The van der Waals surface area contributed by atoms with E-state index in [9.17, 15) is 4.79 Å². The largest absolute Gasteiger partial charge is 0.326 e. The van der Waals surface area contributed by atoms with Gasteiger partial charge < -0.3 is 9.72 Å². The molecule has 2 heterocycles. The predicted octanol–water partition coefficient (Wildman–Crippen LogP) is 5.44. The maximum atomic E-state index is 12.7. The van der Waals surface area contributed by atoms with Crippen LogP contribution in [-0.2, 0) is 4.79 Å². The van der Waals surface area contributed by atoms with Crippen molar-refractivity contribution in [1.82, 2.24) is 9.38 Å². The molecule has 0 radical (unpaired) electrons. The number of aromatic nitrogens is 2. The van der Waals surface area contributed by atoms with Gasteiger partial charge in [0.1, 0.15) is 5.65 Å². The summed E-state index contributed by atoms with van der Waals surface area (Å²) >= 11 is 0. The quantitative estimate of drug-likeness (QED) is 0.509. The number of pyridine rings is 1. The van der Waals surface area contributed by atoms with E-state index in [1.165, 1.54) is 0 Å². The van der Waals surface area contributed by atoms with Gasteiger partial charge in [0.25, 0.3) is 0 Å². The molecule has 0 saturated carbocycles. The molecule has 1 unspecified atom stereocenters. The summed E-state index contributed by atoms with van der Waals surface area (Å²) in [6, 6.07) is 21.8. The lowest BCUT2D eigenvalue weighted by molar-refractivity contribution is -0.117. The maximum absolute atomic E-state index is 12.7. The van der Waals surface area contributed by atoms with Gasteiger partial charge in [0, 0.05) is 23.6 Å². The highest BCUT2D eigenvalue weighted by Crippen LogP contribution is 2.24. The van der Waals surface area contributed by atoms with Crippen molar-refractivity contribution in [2.24, 2.45) is 0 Å². The average Bonchev–Trinajstić information content (AvgIpc) is 3.16. The normalized spacial score (nSPS) is 12.1. The number of nitrogens with one attached hydrogen (secondary N) is 1. The van der Waals surface area contributed by atoms with E-state index in [2.05, 4.69) is 18.3 Å². The Morgan fingerprint density at radius 1 is 1.04 bits per heavy atom. The maximum Gasteiger partial charge on any atom is 0.231 e. The fourth-order valence-corrected chi connectivity index (χ4v) is 3.50. The van der Waals surface area contributed by atoms with Gasteiger partial charge in [-0.1, -0.05) is 55.5 Å². The molecule has 4 aromatic rings. The van der Waals surface area contributed by atoms with E-state index in [0.29, 0.717) is 0 Å². The van der Waals surface area contributed by atoms with Crippen LogP contribution in [0.3, 0.4) is 0 Å². The highest BCUT2D eigenvalue weighted by atomic mass is 16.1. The zero-order chi connectivity index (χ0) is 19.5. The minimum atomic E-state index is -0.151. The molecule has 2 aromatic carbocycles. The van der Waals surface area contributed by atoms with Gasteiger partial charge in [0.05, 0.1) is 11.6 Å². The molecule has 1 amide bonds. The van der Waals surface area contributed by atoms with Crippen LogP contribution in [0.15, 0.2) is 79.1 Å². The molecule has 0 fully saturated rings. The Morgan fingerprint density at radius 3 is 2.46 bits per heavy atom. The number of imidazole rings is 1. The molecule has 1 N–H and O–H groups in total. The summed E-state index contributed by atoms with van der Waals surface area (Å²) < 4.78 is 2.03. The smallest absolute Gasteiger partial charge is 0.231 e. The highest BCUT2D eigenvalue weighted by molar-refractivity contribution is 5.96. The minimum absolute atomic E-state index is 0.0183. The standard InChI is InChI=1S/C24H23N3O/c1-3-21(18-9-5-4-6-10-18)24(28)25-20-13-11-19(12-14-20)22-16-27-15-7-8-17(2)23(27)26-22/h4-16,21H,3H2,1-2H3,(H,25,28). The Bertz CT molecular complexity index is 1100. The van der Waals surface area contributed by atoms with Crippen LogP contribution in [0.2, 0.25) is 0 Å². The molecule has 0 aliphatic heterocycles. The molecule has 0 bridgehead atoms. The van der Waals surface area contributed by atoms with Crippen LogP contribution >= 0.6 is 0 Å². The second-order valence-electron chi connectivity index (χ2n) is 6.99. The number of benzene rings is 2. The van der Waals surface area contributed by atoms with Gasteiger partial charge in [-0.05, 0) is 42.7 Å². The summed E-state index contributed by atoms with van der Waals surface area (Å²) in [5, 5.41) is 3.04. The van der Waals surface area contributed by atoms with Gasteiger partial charge in [0.2, 0.25) is 5.91 Å². The SMILES string of the molecule is CCC(C(=O)Nc1ccc(-c2cn3cccc(C)c3n2)cc1)c1ccccc1. The zero-order valence-corrected chi connectivity index (χ0v) is 16.1. The first kappa shape index (κ1) is 18.0. The van der Waals surface area contributed by atoms with Crippen molar-refractivity contribution in [3.8, 4) is 11.3 Å². The monoisotopic (exact) mass is 369 g/mol. The highest BCUT2D eigenvalue weighted by Gasteiger charge is 2.18. The first-order chi connectivity index (χ1) is 13.7. The van der Waals surface area contributed by atoms with Gasteiger partial charge in [-0.2, -0.15) is 0 Å². The van der Waals surface area contributed by atoms with Crippen molar-refractivity contribution in [2.75, 3.05) is 5.32 Å². The summed E-state index contributed by atoms with van der Waals surface area (Å²) in [5.74, 6) is -0.132. The summed E-state index contributed by atoms with van der Waals surface area (Å²) in [6.45, 7) is 4.09. The molecule has 140 valence electrons. The zero-order valence-electron chi connectivity index (χ0n) is 16.1. The molecule has 4 heteroatoms. The second kappa shape index (κ2) is 7.69. The lowest BCUT2D eigenvalue weighted by atomic mass is 9.95. The van der Waals surface area contributed by atoms with Crippen molar-refractivity contribution in [3.05, 3.63) is 90.3 Å². The lowest BCUT2D eigenvalue weighted by Crippen LogP contribution is -2.20. The number of hydrogen-bond acceptors (Lipinski definition) is 2. The van der Waals surface area contributed by atoms with Crippen molar-refractivity contribution in [2.45, 2.75) is 26.2 Å². The van der Waals surface area contributed by atoms with Gasteiger partial charge in [0.15, 0.2) is 0 Å². The fourth-order valence-electron chi connectivity index (χ4n) is 3.50. The Kier molecular flexibility index (Phi) is 4.94. The average molecular weight is 369 g/mol. The van der Waals surface area contributed by atoms with E-state index >= 15 is 0 Å². The van der Waals surface area contributed by atoms with Crippen molar-refractivity contribution in [3.63, 3.8) is 0 Å². The van der Waals surface area contributed by atoms with Crippen LogP contribution in [0.4, 0.5) is 5.69 Å². The summed E-state index contributed by atoms with van der Waals surface area (Å²) in [5.41, 5.74) is 5.88. The van der Waals surface area contributed by atoms with Gasteiger partial charge in [-0.25, -0.2) is 4.98 Å². The Hall–Kier alpha value is -3.40. The molecule has 0 saturated heterocycles. The van der Waals surface area contributed by atoms with Crippen molar-refractivity contribution < 1.29 is 4.79 Å². The fraction of sp³-hybridized carbons (Fsp3) is 0.167. The third kappa shape index (κ3) is 3.54. The Labute approximate surface area is 164 Å². The van der Waals surface area contributed by atoms with E-state index in [0.717, 1.165) is 40.1 Å². The van der Waals surface area contributed by atoms with E-state index in [1.807, 2.05) is 84.4 Å². The van der Waals surface area contributed by atoms with Crippen LogP contribution < -0.4 is 5.32 Å². The molecule has 4 rings (SSSR count). The van der Waals surface area contributed by atoms with Gasteiger partial charge in [-0.3, -0.25) is 4.79 Å². The number of aryl methyl sites for hydroxylation is 1. The number of hydrogen-bond donors (Lipinski definition) is 1. The molecule has 28 heavy (non-hydrogen) atoms. The number of rotatable bonds is 5. The lowest BCUT2D eigenvalue weighted by Gasteiger charge is -2.15. The molecular formula is C24H23N3O. The first-order valence-electron chi connectivity index (χ1n) is 9.56. The van der Waals surface area contributed by atoms with Gasteiger partial charge >= 0.3 is 0 Å². The van der Waals surface area contributed by atoms with E-state index in [1.54, 1.807) is 0 Å². The number of amides is 1. The summed E-state index contributed by atoms with van der Waals surface area (Å²) in [6.07, 6.45) is 4.79. The number of carbonyl (C=O) groups excluding carboxylic acids is 1. The Morgan fingerprint density at radius 2 is 1.79 bits per heavy atom. The van der Waals surface area contributed by atoms with Crippen LogP contribution in [0.1, 0.15) is 30.4 Å². The minimum Gasteiger partial charge on any atom is -0.326 e. The molecule has 0 aliphatic rings. The molecule has 0 spiro atoms. The number of carbonyl (C=O) groups is 1. The molecule has 4 nitrogen and oxygen atoms in total. The predicted molar refractivity (Wildman–Crippen MR) is 113 cm³/mol. The summed E-state index contributed by atoms with van der Waals surface area (Å²) in [7, 11) is 0. The Balaban J connectivity index is 1.52. The van der Waals surface area contributed by atoms with Crippen LogP contribution in [0, 0.1) is 6.92 Å². The number of nitrogens with zero attached hydrogens (tertiary/aromatic N) is 2. The van der Waals surface area contributed by atoms with E-state index in [4.69, 9.17) is 4.98 Å². The molecular weight excluding hydrogens is 346 g/mol.